The summed E-state index contributed by atoms with van der Waals surface area (Å²) in [6.07, 6.45) is 9.11. The van der Waals surface area contributed by atoms with E-state index in [1.165, 1.54) is 19.3 Å². The van der Waals surface area contributed by atoms with Gasteiger partial charge in [0.1, 0.15) is 0 Å². The van der Waals surface area contributed by atoms with E-state index in [-0.39, 0.29) is 22.7 Å². The summed E-state index contributed by atoms with van der Waals surface area (Å²) in [6, 6.07) is 0. The molecule has 0 aromatic rings. The third-order valence-electron chi connectivity index (χ3n) is 8.53. The summed E-state index contributed by atoms with van der Waals surface area (Å²) in [5.41, 5.74) is 0.911. The molecule has 4 rings (SSSR count). The number of aliphatic hydroxyl groups excluding tert-OH is 2. The minimum Gasteiger partial charge on any atom is -0.515 e. The summed E-state index contributed by atoms with van der Waals surface area (Å²) in [6.45, 7) is 4.68. The van der Waals surface area contributed by atoms with Crippen molar-refractivity contribution in [1.29, 1.82) is 0 Å². The molecular formula is C20H30O3. The van der Waals surface area contributed by atoms with Crippen molar-refractivity contribution in [3.05, 3.63) is 11.8 Å². The largest absolute Gasteiger partial charge is 0.515 e. The molecule has 7 unspecified atom stereocenters. The van der Waals surface area contributed by atoms with Crippen LogP contribution in [0, 0.1) is 34.5 Å². The number of carbonyl (C=O) groups excluding carboxylic acids is 1. The number of carbonyl (C=O) groups is 1. The summed E-state index contributed by atoms with van der Waals surface area (Å²) >= 11 is 0. The Kier molecular flexibility index (Phi) is 3.46. The molecule has 0 aromatic carbocycles. The first kappa shape index (κ1) is 15.7. The van der Waals surface area contributed by atoms with E-state index in [1.807, 2.05) is 0 Å². The maximum absolute atomic E-state index is 12.2. The van der Waals surface area contributed by atoms with Crippen molar-refractivity contribution in [2.75, 3.05) is 0 Å². The maximum atomic E-state index is 12.2. The number of fused-ring (bicyclic) bond motifs is 5. The van der Waals surface area contributed by atoms with E-state index in [0.717, 1.165) is 31.9 Å². The predicted molar refractivity (Wildman–Crippen MR) is 88.8 cm³/mol. The lowest BCUT2D eigenvalue weighted by Gasteiger charge is -2.60. The van der Waals surface area contributed by atoms with Crippen LogP contribution in [0.15, 0.2) is 11.8 Å². The SMILES string of the molecule is CC12CCC3C(CCC4CC(=O)/C(=C/O)CC43C)C1CCC2O. The van der Waals surface area contributed by atoms with Crippen molar-refractivity contribution in [2.24, 2.45) is 34.5 Å². The molecule has 4 fully saturated rings. The zero-order valence-corrected chi connectivity index (χ0v) is 14.4. The molecule has 0 spiro atoms. The Labute approximate surface area is 139 Å². The summed E-state index contributed by atoms with van der Waals surface area (Å²) in [7, 11) is 0. The van der Waals surface area contributed by atoms with Crippen LogP contribution in [0.4, 0.5) is 0 Å². The molecule has 2 N–H and O–H groups in total. The lowest BCUT2D eigenvalue weighted by Crippen LogP contribution is -2.54. The van der Waals surface area contributed by atoms with Gasteiger partial charge in [-0.15, -0.1) is 0 Å². The predicted octanol–water partition coefficient (Wildman–Crippen LogP) is 4.01. The van der Waals surface area contributed by atoms with Crippen LogP contribution in [0.1, 0.15) is 65.2 Å². The van der Waals surface area contributed by atoms with E-state index in [4.69, 9.17) is 0 Å². The fourth-order valence-corrected chi connectivity index (χ4v) is 7.10. The fourth-order valence-electron chi connectivity index (χ4n) is 7.10. The van der Waals surface area contributed by atoms with Crippen molar-refractivity contribution >= 4 is 5.78 Å². The molecule has 4 aliphatic rings. The summed E-state index contributed by atoms with van der Waals surface area (Å²) in [5.74, 6) is 2.63. The number of Topliss-reactive ketones (excluding diaryl/α,β-unsaturated/α-hetero) is 1. The number of ketones is 1. The third-order valence-corrected chi connectivity index (χ3v) is 8.53. The highest BCUT2D eigenvalue weighted by molar-refractivity contribution is 5.96. The van der Waals surface area contributed by atoms with Gasteiger partial charge in [0.25, 0.3) is 0 Å². The van der Waals surface area contributed by atoms with Gasteiger partial charge in [-0.2, -0.15) is 0 Å². The summed E-state index contributed by atoms with van der Waals surface area (Å²) < 4.78 is 0. The third kappa shape index (κ3) is 2.01. The second kappa shape index (κ2) is 5.08. The molecule has 128 valence electrons. The number of aliphatic hydroxyl groups is 2. The normalized spacial score (nSPS) is 54.5. The van der Waals surface area contributed by atoms with Crippen molar-refractivity contribution in [2.45, 2.75) is 71.3 Å². The van der Waals surface area contributed by atoms with Gasteiger partial charge in [0.2, 0.25) is 0 Å². The molecule has 4 saturated carbocycles. The van der Waals surface area contributed by atoms with Gasteiger partial charge in [-0.05, 0) is 79.4 Å². The summed E-state index contributed by atoms with van der Waals surface area (Å²) in [4.78, 5) is 12.2. The minimum atomic E-state index is -0.125. The standard InChI is InChI=1S/C20H30O3/c1-19-8-7-16-14(15(19)5-6-18(19)23)4-3-13-9-17(22)12(11-21)10-20(13,16)2/h11,13-16,18,21,23H,3-10H2,1-2H3/b12-11+. The fraction of sp³-hybridized carbons (Fsp3) is 0.850. The second-order valence-electron chi connectivity index (χ2n) is 9.25. The van der Waals surface area contributed by atoms with E-state index in [2.05, 4.69) is 13.8 Å². The van der Waals surface area contributed by atoms with Gasteiger partial charge in [-0.1, -0.05) is 13.8 Å². The van der Waals surface area contributed by atoms with E-state index < -0.39 is 0 Å². The molecule has 7 atom stereocenters. The van der Waals surface area contributed by atoms with Crippen LogP contribution in [0.25, 0.3) is 0 Å². The van der Waals surface area contributed by atoms with E-state index >= 15 is 0 Å². The Balaban J connectivity index is 1.66. The molecule has 3 nitrogen and oxygen atoms in total. The lowest BCUT2D eigenvalue weighted by atomic mass is 9.45. The molecule has 0 heterocycles. The minimum absolute atomic E-state index is 0.116. The highest BCUT2D eigenvalue weighted by Gasteiger charge is 2.60. The Morgan fingerprint density at radius 3 is 2.52 bits per heavy atom. The Morgan fingerprint density at radius 2 is 1.78 bits per heavy atom. The lowest BCUT2D eigenvalue weighted by molar-refractivity contribution is -0.135. The van der Waals surface area contributed by atoms with E-state index in [1.54, 1.807) is 0 Å². The summed E-state index contributed by atoms with van der Waals surface area (Å²) in [5, 5.41) is 20.0. The van der Waals surface area contributed by atoms with Gasteiger partial charge in [-0.3, -0.25) is 4.79 Å². The Bertz CT molecular complexity index is 553. The topological polar surface area (TPSA) is 57.5 Å². The molecule has 23 heavy (non-hydrogen) atoms. The van der Waals surface area contributed by atoms with Gasteiger partial charge < -0.3 is 10.2 Å². The van der Waals surface area contributed by atoms with Crippen LogP contribution in [-0.4, -0.2) is 22.1 Å². The second-order valence-corrected chi connectivity index (χ2v) is 9.25. The average Bonchev–Trinajstić information content (AvgIpc) is 2.83. The number of allylic oxidation sites excluding steroid dienone is 1. The monoisotopic (exact) mass is 318 g/mol. The molecule has 0 saturated heterocycles. The maximum Gasteiger partial charge on any atom is 0.162 e. The number of hydrogen-bond acceptors (Lipinski definition) is 3. The molecular weight excluding hydrogens is 288 g/mol. The van der Waals surface area contributed by atoms with Crippen LogP contribution >= 0.6 is 0 Å². The first-order chi connectivity index (χ1) is 10.9. The van der Waals surface area contributed by atoms with Gasteiger partial charge >= 0.3 is 0 Å². The van der Waals surface area contributed by atoms with Gasteiger partial charge in [0.15, 0.2) is 5.78 Å². The van der Waals surface area contributed by atoms with E-state index in [9.17, 15) is 15.0 Å². The van der Waals surface area contributed by atoms with Crippen LogP contribution in [-0.2, 0) is 4.79 Å². The van der Waals surface area contributed by atoms with Crippen LogP contribution in [0.2, 0.25) is 0 Å². The van der Waals surface area contributed by atoms with Crippen molar-refractivity contribution in [3.63, 3.8) is 0 Å². The number of hydrogen-bond donors (Lipinski definition) is 2. The van der Waals surface area contributed by atoms with Crippen LogP contribution < -0.4 is 0 Å². The average molecular weight is 318 g/mol. The van der Waals surface area contributed by atoms with Crippen LogP contribution in [0.3, 0.4) is 0 Å². The van der Waals surface area contributed by atoms with Crippen molar-refractivity contribution < 1.29 is 15.0 Å². The Hall–Kier alpha value is -0.830. The van der Waals surface area contributed by atoms with Gasteiger partial charge in [-0.25, -0.2) is 0 Å². The highest BCUT2D eigenvalue weighted by Crippen LogP contribution is 2.66. The quantitative estimate of drug-likeness (QED) is 0.524. The molecule has 0 aliphatic heterocycles. The van der Waals surface area contributed by atoms with E-state index in [0.29, 0.717) is 35.7 Å². The number of rotatable bonds is 0. The molecule has 0 bridgehead atoms. The van der Waals surface area contributed by atoms with Crippen molar-refractivity contribution in [3.8, 4) is 0 Å². The van der Waals surface area contributed by atoms with Crippen molar-refractivity contribution in [1.82, 2.24) is 0 Å². The molecule has 3 heteroatoms. The first-order valence-electron chi connectivity index (χ1n) is 9.44. The zero-order chi connectivity index (χ0) is 16.4. The van der Waals surface area contributed by atoms with Gasteiger partial charge in [0.05, 0.1) is 12.4 Å². The smallest absolute Gasteiger partial charge is 0.162 e. The zero-order valence-electron chi connectivity index (χ0n) is 14.4. The Morgan fingerprint density at radius 1 is 1.04 bits per heavy atom. The molecule has 4 aliphatic carbocycles. The highest BCUT2D eigenvalue weighted by atomic mass is 16.3. The molecule has 0 radical (unpaired) electrons. The van der Waals surface area contributed by atoms with Crippen LogP contribution in [0.5, 0.6) is 0 Å². The van der Waals surface area contributed by atoms with Gasteiger partial charge in [0, 0.05) is 12.0 Å². The molecule has 0 aromatic heterocycles. The molecule has 0 amide bonds. The first-order valence-corrected chi connectivity index (χ1v) is 9.44.